The van der Waals surface area contributed by atoms with Crippen LogP contribution in [0.15, 0.2) is 60.8 Å². The minimum atomic E-state index is -0.130. The highest BCUT2D eigenvalue weighted by Gasteiger charge is 2.05. The number of allylic oxidation sites excluding steroid dienone is 8. The molecule has 0 aliphatic rings. The molecule has 1 unspecified atom stereocenters. The zero-order valence-corrected chi connectivity index (χ0v) is 15.2. The molecule has 0 aliphatic carbocycles. The highest BCUT2D eigenvalue weighted by Crippen LogP contribution is 2.22. The van der Waals surface area contributed by atoms with Crippen molar-refractivity contribution in [3.63, 3.8) is 0 Å². The fourth-order valence-electron chi connectivity index (χ4n) is 2.30. The van der Waals surface area contributed by atoms with E-state index in [0.29, 0.717) is 13.1 Å². The molecule has 0 aromatic carbocycles. The zero-order valence-electron chi connectivity index (χ0n) is 15.2. The number of ketones is 1. The normalized spacial score (nSPS) is 14.0. The van der Waals surface area contributed by atoms with Crippen molar-refractivity contribution in [3.05, 3.63) is 60.8 Å². The standard InChI is InChI=1S/C21H34N2O/c1-4-11-19(14-10-17-23)20(13-8-9-16-22)12-6-7-15-21(24)18(3)5-2/h4-5,7,11-12,15,18H,1-2,6,8-10,13-14,16-17,22-23H2,3H3/b15-7+,19-11-,20-12-. The number of hydrogen-bond acceptors (Lipinski definition) is 3. The molecular weight excluding hydrogens is 296 g/mol. The third-order valence-corrected chi connectivity index (χ3v) is 3.87. The molecule has 4 N–H and O–H groups in total. The third kappa shape index (κ3) is 10.1. The maximum Gasteiger partial charge on any atom is 0.161 e. The summed E-state index contributed by atoms with van der Waals surface area (Å²) in [5.74, 6) is -0.0388. The minimum absolute atomic E-state index is 0.0908. The van der Waals surface area contributed by atoms with Gasteiger partial charge in [0.15, 0.2) is 5.78 Å². The molecule has 3 nitrogen and oxygen atoms in total. The minimum Gasteiger partial charge on any atom is -0.330 e. The van der Waals surface area contributed by atoms with Gasteiger partial charge in [0.2, 0.25) is 0 Å². The lowest BCUT2D eigenvalue weighted by Gasteiger charge is -2.12. The molecule has 0 heterocycles. The van der Waals surface area contributed by atoms with Crippen LogP contribution >= 0.6 is 0 Å². The van der Waals surface area contributed by atoms with Crippen LogP contribution < -0.4 is 11.5 Å². The molecule has 0 bridgehead atoms. The van der Waals surface area contributed by atoms with Crippen LogP contribution in [0.3, 0.4) is 0 Å². The number of nitrogens with two attached hydrogens (primary N) is 2. The van der Waals surface area contributed by atoms with Crippen LogP contribution in [-0.4, -0.2) is 18.9 Å². The lowest BCUT2D eigenvalue weighted by atomic mass is 9.94. The SMILES string of the molecule is C=C/C=C(CCCN)\C(=C/C/C=C/C(=O)C(C)C=C)CCCCN. The number of carbonyl (C=O) groups excluding carboxylic acids is 1. The van der Waals surface area contributed by atoms with Crippen molar-refractivity contribution in [3.8, 4) is 0 Å². The van der Waals surface area contributed by atoms with Crippen LogP contribution in [0.25, 0.3) is 0 Å². The highest BCUT2D eigenvalue weighted by atomic mass is 16.1. The van der Waals surface area contributed by atoms with E-state index in [2.05, 4.69) is 25.3 Å². The second-order valence-electron chi connectivity index (χ2n) is 5.86. The van der Waals surface area contributed by atoms with E-state index in [1.165, 1.54) is 11.1 Å². The largest absolute Gasteiger partial charge is 0.330 e. The van der Waals surface area contributed by atoms with Gasteiger partial charge in [-0.1, -0.05) is 43.9 Å². The van der Waals surface area contributed by atoms with Crippen molar-refractivity contribution in [1.29, 1.82) is 0 Å². The van der Waals surface area contributed by atoms with E-state index in [1.807, 2.05) is 19.1 Å². The van der Waals surface area contributed by atoms with Gasteiger partial charge in [0.25, 0.3) is 0 Å². The lowest BCUT2D eigenvalue weighted by molar-refractivity contribution is -0.116. The molecule has 24 heavy (non-hydrogen) atoms. The molecule has 0 spiro atoms. The smallest absolute Gasteiger partial charge is 0.161 e. The summed E-state index contributed by atoms with van der Waals surface area (Å²) in [6, 6.07) is 0. The van der Waals surface area contributed by atoms with Gasteiger partial charge in [0.05, 0.1) is 0 Å². The first-order valence-electron chi connectivity index (χ1n) is 8.84. The maximum absolute atomic E-state index is 11.8. The number of unbranched alkanes of at least 4 members (excludes halogenated alkanes) is 1. The van der Waals surface area contributed by atoms with Crippen LogP contribution in [-0.2, 0) is 4.79 Å². The topological polar surface area (TPSA) is 69.1 Å². The fourth-order valence-corrected chi connectivity index (χ4v) is 2.30. The Balaban J connectivity index is 4.98. The molecule has 0 rings (SSSR count). The Morgan fingerprint density at radius 1 is 1.04 bits per heavy atom. The van der Waals surface area contributed by atoms with Gasteiger partial charge >= 0.3 is 0 Å². The zero-order chi connectivity index (χ0) is 18.2. The van der Waals surface area contributed by atoms with Gasteiger partial charge in [-0.25, -0.2) is 0 Å². The lowest BCUT2D eigenvalue weighted by Crippen LogP contribution is -2.03. The summed E-state index contributed by atoms with van der Waals surface area (Å²) in [5, 5.41) is 0. The molecule has 0 saturated carbocycles. The number of carbonyl (C=O) groups is 1. The van der Waals surface area contributed by atoms with Crippen LogP contribution in [0.2, 0.25) is 0 Å². The van der Waals surface area contributed by atoms with Crippen LogP contribution in [0.4, 0.5) is 0 Å². The van der Waals surface area contributed by atoms with E-state index >= 15 is 0 Å². The second kappa shape index (κ2) is 14.9. The summed E-state index contributed by atoms with van der Waals surface area (Å²) in [6.45, 7) is 10.7. The molecule has 0 fully saturated rings. The molecule has 0 amide bonds. The summed E-state index contributed by atoms with van der Waals surface area (Å²) < 4.78 is 0. The molecule has 0 saturated heterocycles. The first kappa shape index (κ1) is 22.3. The van der Waals surface area contributed by atoms with Gasteiger partial charge in [-0.15, -0.1) is 6.58 Å². The van der Waals surface area contributed by atoms with Crippen molar-refractivity contribution in [1.82, 2.24) is 0 Å². The maximum atomic E-state index is 11.8. The highest BCUT2D eigenvalue weighted by molar-refractivity contribution is 5.92. The van der Waals surface area contributed by atoms with Crippen molar-refractivity contribution < 1.29 is 4.79 Å². The molecule has 0 radical (unpaired) electrons. The van der Waals surface area contributed by atoms with Crippen molar-refractivity contribution in [2.75, 3.05) is 13.1 Å². The van der Waals surface area contributed by atoms with Crippen LogP contribution in [0.5, 0.6) is 0 Å². The van der Waals surface area contributed by atoms with Gasteiger partial charge in [0.1, 0.15) is 0 Å². The van der Waals surface area contributed by atoms with E-state index in [-0.39, 0.29) is 11.7 Å². The van der Waals surface area contributed by atoms with Gasteiger partial charge in [0, 0.05) is 5.92 Å². The third-order valence-electron chi connectivity index (χ3n) is 3.87. The summed E-state index contributed by atoms with van der Waals surface area (Å²) >= 11 is 0. The average Bonchev–Trinajstić information content (AvgIpc) is 2.59. The van der Waals surface area contributed by atoms with E-state index < -0.39 is 0 Å². The first-order chi connectivity index (χ1) is 11.6. The molecule has 0 aromatic heterocycles. The van der Waals surface area contributed by atoms with E-state index in [1.54, 1.807) is 12.2 Å². The van der Waals surface area contributed by atoms with E-state index in [4.69, 9.17) is 11.5 Å². The average molecular weight is 331 g/mol. The number of hydrogen-bond donors (Lipinski definition) is 2. The Morgan fingerprint density at radius 2 is 1.71 bits per heavy atom. The second-order valence-corrected chi connectivity index (χ2v) is 5.86. The van der Waals surface area contributed by atoms with Crippen molar-refractivity contribution in [2.45, 2.75) is 45.4 Å². The Labute approximate surface area is 147 Å². The molecule has 134 valence electrons. The Bertz CT molecular complexity index is 472. The summed E-state index contributed by atoms with van der Waals surface area (Å²) in [6.07, 6.45) is 17.0. The Morgan fingerprint density at radius 3 is 2.29 bits per heavy atom. The Hall–Kier alpha value is -1.71. The summed E-state index contributed by atoms with van der Waals surface area (Å²) in [4.78, 5) is 11.8. The van der Waals surface area contributed by atoms with Gasteiger partial charge in [-0.3, -0.25) is 4.79 Å². The van der Waals surface area contributed by atoms with Crippen LogP contribution in [0.1, 0.15) is 45.4 Å². The van der Waals surface area contributed by atoms with Crippen LogP contribution in [0, 0.1) is 5.92 Å². The molecule has 3 heteroatoms. The van der Waals surface area contributed by atoms with E-state index in [0.717, 1.165) is 38.5 Å². The first-order valence-corrected chi connectivity index (χ1v) is 8.84. The monoisotopic (exact) mass is 330 g/mol. The summed E-state index contributed by atoms with van der Waals surface area (Å²) in [7, 11) is 0. The van der Waals surface area contributed by atoms with Crippen molar-refractivity contribution in [2.24, 2.45) is 17.4 Å². The molecule has 1 atom stereocenters. The van der Waals surface area contributed by atoms with Gasteiger partial charge < -0.3 is 11.5 Å². The molecule has 0 aliphatic heterocycles. The number of rotatable bonds is 14. The summed E-state index contributed by atoms with van der Waals surface area (Å²) in [5.41, 5.74) is 13.8. The molecular formula is C21H34N2O. The van der Waals surface area contributed by atoms with Gasteiger partial charge in [-0.2, -0.15) is 0 Å². The molecule has 0 aromatic rings. The van der Waals surface area contributed by atoms with Gasteiger partial charge in [-0.05, 0) is 68.8 Å². The fraction of sp³-hybridized carbons (Fsp3) is 0.476. The Kier molecular flexibility index (Phi) is 13.8. The van der Waals surface area contributed by atoms with Crippen molar-refractivity contribution >= 4 is 5.78 Å². The predicted octanol–water partition coefficient (Wildman–Crippen LogP) is 4.23. The van der Waals surface area contributed by atoms with E-state index in [9.17, 15) is 4.79 Å². The predicted molar refractivity (Wildman–Crippen MR) is 106 cm³/mol. The quantitative estimate of drug-likeness (QED) is 0.217.